The van der Waals surface area contributed by atoms with Gasteiger partial charge in [-0.15, -0.1) is 0 Å². The molecule has 1 aromatic carbocycles. The number of ether oxygens (including phenoxy) is 1. The second kappa shape index (κ2) is 7.62. The maximum Gasteiger partial charge on any atom is 0.329 e. The Morgan fingerprint density at radius 1 is 1.18 bits per heavy atom. The SMILES string of the molecule is COc1ccc(N2CC[NH+](CN3C(=O)N[C@]4(CCCC[C@H]4C)C3=O)CC2)cc1. The second-order valence-corrected chi connectivity index (χ2v) is 8.37. The Labute approximate surface area is 166 Å². The number of imide groups is 1. The monoisotopic (exact) mass is 387 g/mol. The summed E-state index contributed by atoms with van der Waals surface area (Å²) in [6.07, 6.45) is 3.94. The Morgan fingerprint density at radius 3 is 2.54 bits per heavy atom. The summed E-state index contributed by atoms with van der Waals surface area (Å²) in [4.78, 5) is 30.8. The number of nitrogens with zero attached hydrogens (tertiary/aromatic N) is 2. The number of carbonyl (C=O) groups is 2. The van der Waals surface area contributed by atoms with Gasteiger partial charge in [0.05, 0.1) is 33.3 Å². The normalized spacial score (nSPS) is 28.7. The van der Waals surface area contributed by atoms with Crippen LogP contribution in [0.25, 0.3) is 0 Å². The molecule has 1 saturated carbocycles. The summed E-state index contributed by atoms with van der Waals surface area (Å²) in [5, 5.41) is 3.06. The van der Waals surface area contributed by atoms with Crippen molar-refractivity contribution in [3.05, 3.63) is 24.3 Å². The lowest BCUT2D eigenvalue weighted by Gasteiger charge is -2.37. The molecule has 2 atom stereocenters. The molecule has 2 N–H and O–H groups in total. The Bertz CT molecular complexity index is 730. The number of hydrogen-bond acceptors (Lipinski definition) is 4. The fourth-order valence-corrected chi connectivity index (χ4v) is 4.89. The lowest BCUT2D eigenvalue weighted by Crippen LogP contribution is -3.16. The minimum atomic E-state index is -0.653. The van der Waals surface area contributed by atoms with Gasteiger partial charge in [0.15, 0.2) is 6.67 Å². The van der Waals surface area contributed by atoms with Gasteiger partial charge in [-0.1, -0.05) is 19.8 Å². The number of hydrogen-bond donors (Lipinski definition) is 2. The highest BCUT2D eigenvalue weighted by Crippen LogP contribution is 2.37. The first-order valence-corrected chi connectivity index (χ1v) is 10.4. The fourth-order valence-electron chi connectivity index (χ4n) is 4.89. The maximum atomic E-state index is 13.1. The van der Waals surface area contributed by atoms with Crippen LogP contribution in [0, 0.1) is 5.92 Å². The maximum absolute atomic E-state index is 13.1. The number of carbonyl (C=O) groups excluding carboxylic acids is 2. The van der Waals surface area contributed by atoms with Crippen molar-refractivity contribution in [3.8, 4) is 5.75 Å². The van der Waals surface area contributed by atoms with Crippen molar-refractivity contribution < 1.29 is 19.2 Å². The summed E-state index contributed by atoms with van der Waals surface area (Å²) in [5.41, 5.74) is 0.532. The van der Waals surface area contributed by atoms with Crippen LogP contribution in [0.3, 0.4) is 0 Å². The largest absolute Gasteiger partial charge is 0.497 e. The van der Waals surface area contributed by atoms with Crippen molar-refractivity contribution in [2.24, 2.45) is 5.92 Å². The molecule has 0 radical (unpaired) electrons. The average molecular weight is 388 g/mol. The third-order valence-electron chi connectivity index (χ3n) is 6.79. The van der Waals surface area contributed by atoms with Crippen molar-refractivity contribution in [2.75, 3.05) is 44.9 Å². The van der Waals surface area contributed by atoms with E-state index in [1.165, 1.54) is 15.5 Å². The number of rotatable bonds is 4. The number of methoxy groups -OCH3 is 1. The van der Waals surface area contributed by atoms with Crippen LogP contribution >= 0.6 is 0 Å². The van der Waals surface area contributed by atoms with E-state index in [2.05, 4.69) is 29.3 Å². The van der Waals surface area contributed by atoms with Crippen LogP contribution < -0.4 is 19.9 Å². The van der Waals surface area contributed by atoms with E-state index in [9.17, 15) is 9.59 Å². The molecule has 2 aliphatic heterocycles. The first-order valence-electron chi connectivity index (χ1n) is 10.4. The molecule has 3 amide bonds. The van der Waals surface area contributed by atoms with E-state index in [4.69, 9.17) is 4.74 Å². The van der Waals surface area contributed by atoms with E-state index in [1.807, 2.05) is 12.1 Å². The summed E-state index contributed by atoms with van der Waals surface area (Å²) in [7, 11) is 1.67. The molecule has 0 aromatic heterocycles. The summed E-state index contributed by atoms with van der Waals surface area (Å²) in [6, 6.07) is 7.91. The second-order valence-electron chi connectivity index (χ2n) is 8.37. The van der Waals surface area contributed by atoms with Crippen LogP contribution in [0.5, 0.6) is 5.75 Å². The van der Waals surface area contributed by atoms with E-state index in [1.54, 1.807) is 7.11 Å². The van der Waals surface area contributed by atoms with E-state index in [0.717, 1.165) is 57.6 Å². The van der Waals surface area contributed by atoms with Gasteiger partial charge in [-0.2, -0.15) is 0 Å². The minimum Gasteiger partial charge on any atom is -0.497 e. The van der Waals surface area contributed by atoms with Gasteiger partial charge < -0.3 is 19.9 Å². The zero-order valence-electron chi connectivity index (χ0n) is 16.9. The number of benzene rings is 1. The summed E-state index contributed by atoms with van der Waals surface area (Å²) in [5.74, 6) is 1.07. The number of piperazine rings is 1. The Morgan fingerprint density at radius 2 is 1.89 bits per heavy atom. The first kappa shape index (κ1) is 19.1. The van der Waals surface area contributed by atoms with Gasteiger partial charge in [0.25, 0.3) is 5.91 Å². The molecule has 7 heteroatoms. The fraction of sp³-hybridized carbons (Fsp3) is 0.619. The Balaban J connectivity index is 1.35. The minimum absolute atomic E-state index is 0.00483. The van der Waals surface area contributed by atoms with Crippen molar-refractivity contribution in [2.45, 2.75) is 38.1 Å². The van der Waals surface area contributed by atoms with Crippen molar-refractivity contribution in [1.82, 2.24) is 10.2 Å². The number of urea groups is 1. The van der Waals surface area contributed by atoms with Crippen LogP contribution in [-0.4, -0.2) is 62.3 Å². The Hall–Kier alpha value is -2.28. The standard InChI is InChI=1S/C21H30N4O3/c1-16-5-3-4-10-21(16)19(26)25(20(27)22-21)15-23-11-13-24(14-12-23)17-6-8-18(28-2)9-7-17/h6-9,16H,3-5,10-15H2,1-2H3,(H,22,27)/p+1/t16-,21+/m1/s1. The molecule has 0 unspecified atom stereocenters. The quantitative estimate of drug-likeness (QED) is 0.752. The van der Waals surface area contributed by atoms with Crippen molar-refractivity contribution >= 4 is 17.6 Å². The van der Waals surface area contributed by atoms with Crippen LogP contribution in [0.2, 0.25) is 0 Å². The van der Waals surface area contributed by atoms with Crippen LogP contribution in [0.4, 0.5) is 10.5 Å². The van der Waals surface area contributed by atoms with Crippen LogP contribution in [0.15, 0.2) is 24.3 Å². The predicted molar refractivity (Wildman–Crippen MR) is 107 cm³/mol. The van der Waals surface area contributed by atoms with E-state index in [0.29, 0.717) is 6.67 Å². The van der Waals surface area contributed by atoms with E-state index in [-0.39, 0.29) is 17.9 Å². The van der Waals surface area contributed by atoms with Gasteiger partial charge in [-0.05, 0) is 43.0 Å². The highest BCUT2D eigenvalue weighted by Gasteiger charge is 2.55. The number of amides is 3. The van der Waals surface area contributed by atoms with E-state index < -0.39 is 5.54 Å². The van der Waals surface area contributed by atoms with Gasteiger partial charge in [0.2, 0.25) is 0 Å². The number of anilines is 1. The topological polar surface area (TPSA) is 66.3 Å². The number of quaternary nitrogens is 1. The molecular weight excluding hydrogens is 356 g/mol. The molecule has 3 aliphatic rings. The summed E-state index contributed by atoms with van der Waals surface area (Å²) in [6.45, 7) is 6.20. The summed E-state index contributed by atoms with van der Waals surface area (Å²) >= 11 is 0. The van der Waals surface area contributed by atoms with Crippen molar-refractivity contribution in [1.29, 1.82) is 0 Å². The van der Waals surface area contributed by atoms with Gasteiger partial charge in [0, 0.05) is 5.69 Å². The Kier molecular flexibility index (Phi) is 5.19. The van der Waals surface area contributed by atoms with Gasteiger partial charge in [-0.3, -0.25) is 4.79 Å². The molecule has 152 valence electrons. The average Bonchev–Trinajstić information content (AvgIpc) is 2.96. The van der Waals surface area contributed by atoms with Crippen molar-refractivity contribution in [3.63, 3.8) is 0 Å². The molecule has 1 spiro atoms. The zero-order valence-corrected chi connectivity index (χ0v) is 16.9. The molecule has 1 aliphatic carbocycles. The first-order chi connectivity index (χ1) is 13.5. The third kappa shape index (κ3) is 3.32. The summed E-state index contributed by atoms with van der Waals surface area (Å²) < 4.78 is 5.23. The van der Waals surface area contributed by atoms with Gasteiger partial charge in [0.1, 0.15) is 11.3 Å². The molecule has 28 heavy (non-hydrogen) atoms. The highest BCUT2D eigenvalue weighted by atomic mass is 16.5. The molecule has 7 nitrogen and oxygen atoms in total. The predicted octanol–water partition coefficient (Wildman–Crippen LogP) is 0.858. The molecule has 0 bridgehead atoms. The molecule has 4 rings (SSSR count). The lowest BCUT2D eigenvalue weighted by atomic mass is 9.73. The third-order valence-corrected chi connectivity index (χ3v) is 6.79. The van der Waals surface area contributed by atoms with Crippen LogP contribution in [-0.2, 0) is 4.79 Å². The number of nitrogens with one attached hydrogen (secondary N) is 2. The van der Waals surface area contributed by atoms with E-state index >= 15 is 0 Å². The highest BCUT2D eigenvalue weighted by molar-refractivity contribution is 6.07. The molecule has 3 fully saturated rings. The van der Waals surface area contributed by atoms with Crippen LogP contribution in [0.1, 0.15) is 32.6 Å². The molecule has 2 saturated heterocycles. The van der Waals surface area contributed by atoms with Gasteiger partial charge >= 0.3 is 6.03 Å². The lowest BCUT2D eigenvalue weighted by molar-refractivity contribution is -0.907. The van der Waals surface area contributed by atoms with Gasteiger partial charge in [-0.25, -0.2) is 9.69 Å². The molecule has 1 aromatic rings. The smallest absolute Gasteiger partial charge is 0.329 e. The molecule has 2 heterocycles. The molecular formula is C21H31N4O3+. The zero-order chi connectivity index (χ0) is 19.7.